The number of hydroxylamine groups is 1. The molecule has 0 spiro atoms. The van der Waals surface area contributed by atoms with Crippen LogP contribution in [0, 0.1) is 5.92 Å². The summed E-state index contributed by atoms with van der Waals surface area (Å²) in [6, 6.07) is 10.4. The van der Waals surface area contributed by atoms with Gasteiger partial charge in [0.25, 0.3) is 5.91 Å². The summed E-state index contributed by atoms with van der Waals surface area (Å²) in [5.74, 6) is -57.9. The molecule has 0 saturated carbocycles. The molecule has 0 aromatic heterocycles. The maximum atomic E-state index is 15.0. The molecule has 9 nitrogen and oxygen atoms in total. The van der Waals surface area contributed by atoms with Crippen LogP contribution in [0.4, 0.5) is 85.1 Å². The molecule has 2 rings (SSSR count). The summed E-state index contributed by atoms with van der Waals surface area (Å²) in [6.07, 6.45) is -12.5. The highest BCUT2D eigenvalue weighted by Crippen LogP contribution is 2.64. The van der Waals surface area contributed by atoms with E-state index in [1.54, 1.807) is 26.0 Å². The molecule has 0 unspecified atom stereocenters. The zero-order valence-electron chi connectivity index (χ0n) is 36.6. The molecule has 67 heavy (non-hydrogen) atoms. The van der Waals surface area contributed by atoms with Crippen molar-refractivity contribution in [2.75, 3.05) is 25.6 Å². The van der Waals surface area contributed by atoms with E-state index in [4.69, 9.17) is 23.8 Å². The van der Waals surface area contributed by atoms with Crippen molar-refractivity contribution in [1.29, 1.82) is 0 Å². The third kappa shape index (κ3) is 11.5. The Balaban J connectivity index is 2.34. The number of alkyl halides is 17. The van der Waals surface area contributed by atoms with Crippen LogP contribution in [0.3, 0.4) is 0 Å². The fourth-order valence-corrected chi connectivity index (χ4v) is 11.2. The summed E-state index contributed by atoms with van der Waals surface area (Å²) in [4.78, 5) is 25.2. The second kappa shape index (κ2) is 21.0. The van der Waals surface area contributed by atoms with Crippen molar-refractivity contribution in [3.05, 3.63) is 65.2 Å². The SMILES string of the molecule is COc1ccc(NC(=O)O[C@@H](c2ccc(OCCO[Si](CCC(F)(F)C(F)(F)C(F)(F)C(F)(F)C(F)(F)C(F)(F)C(F)(F)C(F)(F)F)(C(C)C)C(C)C)cc2)[C@@H](C)/C(C)=C(\C)C(=O)NO)cc1. The summed E-state index contributed by atoms with van der Waals surface area (Å²) in [7, 11) is -2.60. The molecule has 0 aliphatic carbocycles. The van der Waals surface area contributed by atoms with E-state index in [2.05, 4.69) is 5.32 Å². The maximum Gasteiger partial charge on any atom is 0.460 e. The van der Waals surface area contributed by atoms with Crippen LogP contribution in [0.15, 0.2) is 59.7 Å². The van der Waals surface area contributed by atoms with Crippen molar-refractivity contribution in [2.45, 2.75) is 126 Å². The highest BCUT2D eigenvalue weighted by atomic mass is 28.4. The van der Waals surface area contributed by atoms with Crippen LogP contribution in [-0.2, 0) is 14.0 Å². The van der Waals surface area contributed by atoms with Crippen molar-refractivity contribution < 1.29 is 108 Å². The lowest BCUT2D eigenvalue weighted by Gasteiger charge is -2.44. The van der Waals surface area contributed by atoms with Crippen LogP contribution in [0.2, 0.25) is 17.1 Å². The van der Waals surface area contributed by atoms with Gasteiger partial charge in [0.2, 0.25) is 0 Å². The lowest BCUT2D eigenvalue weighted by Crippen LogP contribution is -2.74. The molecule has 3 N–H and O–H groups in total. The Hall–Kier alpha value is -4.53. The number of amides is 2. The number of methoxy groups -OCH3 is 1. The van der Waals surface area contributed by atoms with E-state index in [0.717, 1.165) is 0 Å². The zero-order valence-corrected chi connectivity index (χ0v) is 37.6. The van der Waals surface area contributed by atoms with E-state index in [1.807, 2.05) is 0 Å². The monoisotopic (exact) mass is 1020 g/mol. The minimum Gasteiger partial charge on any atom is -0.497 e. The van der Waals surface area contributed by atoms with E-state index < -0.39 is 117 Å². The highest BCUT2D eigenvalue weighted by molar-refractivity contribution is 6.76. The van der Waals surface area contributed by atoms with E-state index in [9.17, 15) is 75.4 Å². The molecule has 0 bridgehead atoms. The van der Waals surface area contributed by atoms with Crippen molar-refractivity contribution in [3.8, 4) is 11.5 Å². The third-order valence-corrected chi connectivity index (χ3v) is 16.9. The van der Waals surface area contributed by atoms with Gasteiger partial charge in [-0.15, -0.1) is 0 Å². The maximum absolute atomic E-state index is 15.0. The number of carbonyl (C=O) groups excluding carboxylic acids is 2. The number of anilines is 1. The highest BCUT2D eigenvalue weighted by Gasteiger charge is 2.95. The fourth-order valence-electron chi connectivity index (χ4n) is 6.73. The van der Waals surface area contributed by atoms with Crippen LogP contribution in [0.25, 0.3) is 0 Å². The smallest absolute Gasteiger partial charge is 0.460 e. The first-order valence-corrected chi connectivity index (χ1v) is 21.9. The van der Waals surface area contributed by atoms with E-state index in [1.165, 1.54) is 83.6 Å². The van der Waals surface area contributed by atoms with Gasteiger partial charge in [0.05, 0.1) is 13.7 Å². The summed E-state index contributed by atoms with van der Waals surface area (Å²) < 4.78 is 258. The van der Waals surface area contributed by atoms with Gasteiger partial charge in [0.15, 0.2) is 8.32 Å². The van der Waals surface area contributed by atoms with Crippen LogP contribution in [0.1, 0.15) is 66.6 Å². The van der Waals surface area contributed by atoms with Crippen LogP contribution in [0.5, 0.6) is 11.5 Å². The second-order valence-electron chi connectivity index (χ2n) is 15.9. The Labute approximate surface area is 373 Å². The van der Waals surface area contributed by atoms with E-state index >= 15 is 8.78 Å². The first-order valence-electron chi connectivity index (χ1n) is 19.6. The first-order chi connectivity index (χ1) is 30.3. The van der Waals surface area contributed by atoms with E-state index in [-0.39, 0.29) is 11.3 Å². The zero-order chi connectivity index (χ0) is 52.2. The van der Waals surface area contributed by atoms with Crippen LogP contribution < -0.4 is 20.3 Å². The molecule has 2 atom stereocenters. The number of ether oxygens (including phenoxy) is 3. The fraction of sp³-hybridized carbons (Fsp3) is 0.600. The van der Waals surface area contributed by atoms with Gasteiger partial charge in [-0.25, -0.2) is 10.3 Å². The number of halogens is 17. The Morgan fingerprint density at radius 2 is 1.09 bits per heavy atom. The van der Waals surface area contributed by atoms with Gasteiger partial charge >= 0.3 is 53.7 Å². The third-order valence-electron chi connectivity index (χ3n) is 11.2. The predicted octanol–water partition coefficient (Wildman–Crippen LogP) is 13.0. The van der Waals surface area contributed by atoms with Crippen molar-refractivity contribution in [2.24, 2.45) is 5.92 Å². The lowest BCUT2D eigenvalue weighted by molar-refractivity contribution is -0.461. The normalized spacial score (nSPS) is 15.2. The summed E-state index contributed by atoms with van der Waals surface area (Å²) in [5, 5.41) is 11.7. The molecule has 0 heterocycles. The van der Waals surface area contributed by atoms with E-state index in [0.29, 0.717) is 22.6 Å². The summed E-state index contributed by atoms with van der Waals surface area (Å²) in [5.41, 5.74) is 0.823. The Morgan fingerprint density at radius 3 is 1.52 bits per heavy atom. The van der Waals surface area contributed by atoms with Gasteiger partial charge in [-0.1, -0.05) is 52.3 Å². The largest absolute Gasteiger partial charge is 0.497 e. The van der Waals surface area contributed by atoms with Gasteiger partial charge in [-0.3, -0.25) is 15.3 Å². The molecule has 0 saturated heterocycles. The molecule has 2 aromatic carbocycles. The topological polar surface area (TPSA) is 115 Å². The lowest BCUT2D eigenvalue weighted by atomic mass is 9.88. The van der Waals surface area contributed by atoms with Crippen molar-refractivity contribution >= 4 is 26.0 Å². The Bertz CT molecular complexity index is 2010. The van der Waals surface area contributed by atoms with Gasteiger partial charge in [-0.2, -0.15) is 74.6 Å². The second-order valence-corrected chi connectivity index (χ2v) is 20.9. The molecule has 0 fully saturated rings. The number of hydrogen-bond acceptors (Lipinski definition) is 7. The first kappa shape index (κ1) is 58.6. The van der Waals surface area contributed by atoms with Gasteiger partial charge < -0.3 is 18.6 Å². The van der Waals surface area contributed by atoms with Crippen LogP contribution >= 0.6 is 0 Å². The molecular formula is C40H47F17N2O7Si. The molecule has 2 amide bonds. The minimum absolute atomic E-state index is 0.0793. The van der Waals surface area contributed by atoms with Gasteiger partial charge in [0, 0.05) is 23.6 Å². The summed E-state index contributed by atoms with van der Waals surface area (Å²) in [6.45, 7) is 8.78. The average molecular weight is 1020 g/mol. The molecule has 2 aromatic rings. The molecule has 0 aliphatic rings. The van der Waals surface area contributed by atoms with Gasteiger partial charge in [0.1, 0.15) is 24.2 Å². The Morgan fingerprint density at radius 1 is 0.642 bits per heavy atom. The number of hydrogen-bond donors (Lipinski definition) is 3. The predicted molar refractivity (Wildman–Crippen MR) is 207 cm³/mol. The quantitative estimate of drug-likeness (QED) is 0.0254. The number of benzene rings is 2. The van der Waals surface area contributed by atoms with Crippen molar-refractivity contribution in [1.82, 2.24) is 5.48 Å². The molecule has 382 valence electrons. The van der Waals surface area contributed by atoms with Crippen molar-refractivity contribution in [3.63, 3.8) is 0 Å². The molecule has 0 aliphatic heterocycles. The molecular weight excluding hydrogens is 971 g/mol. The standard InChI is InChI=1S/C40H47F17N2O7Si/c1-21(2)67(22(3)4,20-17-33(41,42)34(43,44)35(45,46)36(47,48)37(49,50)38(51,52)39(53,54)40(55,56)57)65-19-18-64-29-13-9-26(10-14-29)30(24(6)23(5)25(7)31(60)59-62)66-32(61)58-27-11-15-28(63-8)16-12-27/h9-16,21-22,24,30,62H,17-20H2,1-8H3,(H,58,61)(H,59,60)/b25-23+/t24-,30+/m0/s1. The number of carbonyl (C=O) groups is 2. The van der Waals surface area contributed by atoms with Gasteiger partial charge in [-0.05, 0) is 72.9 Å². The molecule has 27 heteroatoms. The number of nitrogens with one attached hydrogen (secondary N) is 2. The minimum atomic E-state index is -8.71. The molecule has 0 radical (unpaired) electrons. The Kier molecular flexibility index (Phi) is 18.4. The average Bonchev–Trinajstić information content (AvgIpc) is 3.23. The van der Waals surface area contributed by atoms with Crippen LogP contribution in [-0.4, -0.2) is 93.5 Å². The summed E-state index contributed by atoms with van der Waals surface area (Å²) >= 11 is 0. The number of rotatable bonds is 23.